The molecule has 1 atom stereocenters. The van der Waals surface area contributed by atoms with E-state index >= 15 is 0 Å². The van der Waals surface area contributed by atoms with Crippen LogP contribution in [0.1, 0.15) is 35.6 Å². The minimum absolute atomic E-state index is 0.138. The lowest BCUT2D eigenvalue weighted by Crippen LogP contribution is -2.42. The molecule has 3 heteroatoms. The molecule has 0 saturated carbocycles. The van der Waals surface area contributed by atoms with Crippen molar-refractivity contribution < 1.29 is 4.79 Å². The minimum Gasteiger partial charge on any atom is -0.314 e. The second-order valence-corrected chi connectivity index (χ2v) is 8.97. The summed E-state index contributed by atoms with van der Waals surface area (Å²) >= 11 is 6.45. The molecule has 0 saturated heterocycles. The summed E-state index contributed by atoms with van der Waals surface area (Å²) in [7, 11) is 1.89. The number of carbonyl (C=O) groups excluding carboxylic acids is 1. The topological polar surface area (TPSA) is 20.3 Å². The zero-order chi connectivity index (χ0) is 20.9. The molecule has 0 aromatic heterocycles. The van der Waals surface area contributed by atoms with Crippen molar-refractivity contribution in [3.05, 3.63) is 106 Å². The highest BCUT2D eigenvalue weighted by Gasteiger charge is 2.45. The Kier molecular flexibility index (Phi) is 4.56. The third kappa shape index (κ3) is 2.90. The van der Waals surface area contributed by atoms with Crippen molar-refractivity contribution in [2.75, 3.05) is 11.9 Å². The van der Waals surface area contributed by atoms with E-state index in [1.165, 1.54) is 27.8 Å². The van der Waals surface area contributed by atoms with Gasteiger partial charge in [-0.3, -0.25) is 4.79 Å². The highest BCUT2D eigenvalue weighted by atomic mass is 35.5. The predicted octanol–water partition coefficient (Wildman–Crippen LogP) is 6.31. The summed E-state index contributed by atoms with van der Waals surface area (Å²) in [5, 5.41) is 0.691. The largest absolute Gasteiger partial charge is 0.314 e. The highest BCUT2D eigenvalue weighted by Crippen LogP contribution is 2.51. The Balaban J connectivity index is 1.82. The van der Waals surface area contributed by atoms with Crippen molar-refractivity contribution in [3.63, 3.8) is 0 Å². The smallest absolute Gasteiger partial charge is 0.237 e. The van der Waals surface area contributed by atoms with E-state index < -0.39 is 5.41 Å². The number of benzene rings is 3. The van der Waals surface area contributed by atoms with Gasteiger partial charge >= 0.3 is 0 Å². The quantitative estimate of drug-likeness (QED) is 0.481. The molecule has 1 aliphatic carbocycles. The summed E-state index contributed by atoms with van der Waals surface area (Å²) in [5.41, 5.74) is 7.50. The molecule has 30 heavy (non-hydrogen) atoms. The minimum atomic E-state index is -0.621. The van der Waals surface area contributed by atoms with Gasteiger partial charge in [-0.05, 0) is 72.2 Å². The summed E-state index contributed by atoms with van der Waals surface area (Å²) in [5.74, 6) is 0.138. The lowest BCUT2D eigenvalue weighted by Gasteiger charge is -2.36. The van der Waals surface area contributed by atoms with E-state index in [9.17, 15) is 4.79 Å². The van der Waals surface area contributed by atoms with Gasteiger partial charge in [0.05, 0.1) is 11.1 Å². The van der Waals surface area contributed by atoms with Crippen molar-refractivity contribution in [1.29, 1.82) is 0 Å². The molecule has 0 fully saturated rings. The van der Waals surface area contributed by atoms with E-state index in [2.05, 4.69) is 43.3 Å². The first-order valence-electron chi connectivity index (χ1n) is 10.4. The van der Waals surface area contributed by atoms with Crippen LogP contribution in [-0.4, -0.2) is 13.0 Å². The van der Waals surface area contributed by atoms with E-state index in [-0.39, 0.29) is 5.91 Å². The third-order valence-corrected chi connectivity index (χ3v) is 6.90. The fourth-order valence-electron chi connectivity index (χ4n) is 5.18. The van der Waals surface area contributed by atoms with Gasteiger partial charge in [-0.15, -0.1) is 0 Å². The number of halogens is 1. The molecule has 2 nitrogen and oxygen atoms in total. The second kappa shape index (κ2) is 7.14. The van der Waals surface area contributed by atoms with Gasteiger partial charge in [0.2, 0.25) is 5.91 Å². The number of carbonyl (C=O) groups is 1. The van der Waals surface area contributed by atoms with E-state index in [0.29, 0.717) is 11.4 Å². The standard InChI is InChI=1S/C27H24ClNO/c1-27(17-18-8-4-3-5-9-18)23-14-12-19-10-6-7-11-21(19)25(23)22-16-20(28)13-15-24(22)29(2)26(27)30/h3-11,13,15-16H,12,14,17H2,1-2H3. The zero-order valence-corrected chi connectivity index (χ0v) is 18.0. The van der Waals surface area contributed by atoms with Crippen LogP contribution in [-0.2, 0) is 17.6 Å². The maximum Gasteiger partial charge on any atom is 0.237 e. The number of nitrogens with zero attached hydrogens (tertiary/aromatic N) is 1. The van der Waals surface area contributed by atoms with Gasteiger partial charge in [0.15, 0.2) is 0 Å². The highest BCUT2D eigenvalue weighted by molar-refractivity contribution is 6.31. The maximum atomic E-state index is 13.9. The van der Waals surface area contributed by atoms with Crippen LogP contribution in [0, 0.1) is 5.41 Å². The fourth-order valence-corrected chi connectivity index (χ4v) is 5.36. The number of aryl methyl sites for hydroxylation is 1. The molecule has 150 valence electrons. The first-order valence-corrected chi connectivity index (χ1v) is 10.8. The molecule has 0 N–H and O–H groups in total. The molecule has 0 radical (unpaired) electrons. The number of rotatable bonds is 2. The molecular weight excluding hydrogens is 390 g/mol. The van der Waals surface area contributed by atoms with Gasteiger partial charge in [-0.1, -0.05) is 66.2 Å². The summed E-state index contributed by atoms with van der Waals surface area (Å²) < 4.78 is 0. The average molecular weight is 414 g/mol. The molecule has 1 unspecified atom stereocenters. The van der Waals surface area contributed by atoms with Crippen molar-refractivity contribution in [2.45, 2.75) is 26.2 Å². The van der Waals surface area contributed by atoms with Gasteiger partial charge in [0.1, 0.15) is 0 Å². The Labute approximate surface area is 182 Å². The van der Waals surface area contributed by atoms with Crippen LogP contribution in [0.2, 0.25) is 5.02 Å². The second-order valence-electron chi connectivity index (χ2n) is 8.53. The van der Waals surface area contributed by atoms with Crippen LogP contribution in [0.5, 0.6) is 0 Å². The Morgan fingerprint density at radius 2 is 1.67 bits per heavy atom. The Morgan fingerprint density at radius 3 is 2.47 bits per heavy atom. The molecule has 3 aromatic rings. The first kappa shape index (κ1) is 19.1. The number of anilines is 1. The summed E-state index contributed by atoms with van der Waals surface area (Å²) in [6.45, 7) is 2.12. The van der Waals surface area contributed by atoms with Crippen LogP contribution >= 0.6 is 11.6 Å². The van der Waals surface area contributed by atoms with Crippen LogP contribution in [0.25, 0.3) is 5.57 Å². The summed E-state index contributed by atoms with van der Waals surface area (Å²) in [6.07, 6.45) is 2.51. The lowest BCUT2D eigenvalue weighted by atomic mass is 9.68. The number of amides is 1. The van der Waals surface area contributed by atoms with E-state index in [4.69, 9.17) is 11.6 Å². The van der Waals surface area contributed by atoms with E-state index in [1.54, 1.807) is 0 Å². The number of hydrogen-bond acceptors (Lipinski definition) is 1. The van der Waals surface area contributed by atoms with Gasteiger partial charge in [-0.2, -0.15) is 0 Å². The molecule has 1 aliphatic heterocycles. The van der Waals surface area contributed by atoms with E-state index in [1.807, 2.05) is 48.3 Å². The molecule has 0 bridgehead atoms. The van der Waals surface area contributed by atoms with Crippen molar-refractivity contribution in [2.24, 2.45) is 5.41 Å². The monoisotopic (exact) mass is 413 g/mol. The summed E-state index contributed by atoms with van der Waals surface area (Å²) in [4.78, 5) is 15.8. The number of hydrogen-bond donors (Lipinski definition) is 0. The van der Waals surface area contributed by atoms with Gasteiger partial charge in [0, 0.05) is 17.6 Å². The summed E-state index contributed by atoms with van der Waals surface area (Å²) in [6, 6.07) is 24.8. The van der Waals surface area contributed by atoms with Crippen LogP contribution < -0.4 is 4.90 Å². The third-order valence-electron chi connectivity index (χ3n) is 6.67. The van der Waals surface area contributed by atoms with Crippen LogP contribution in [0.15, 0.2) is 78.4 Å². The zero-order valence-electron chi connectivity index (χ0n) is 17.3. The average Bonchev–Trinajstić information content (AvgIpc) is 2.83. The van der Waals surface area contributed by atoms with Gasteiger partial charge in [-0.25, -0.2) is 0 Å². The Bertz CT molecular complexity index is 1180. The van der Waals surface area contributed by atoms with Crippen molar-refractivity contribution in [3.8, 4) is 0 Å². The molecule has 1 heterocycles. The van der Waals surface area contributed by atoms with Crippen LogP contribution in [0.3, 0.4) is 0 Å². The first-order chi connectivity index (χ1) is 14.5. The normalized spacial score (nSPS) is 20.4. The Morgan fingerprint density at radius 1 is 0.933 bits per heavy atom. The lowest BCUT2D eigenvalue weighted by molar-refractivity contribution is -0.125. The molecular formula is C27H24ClNO. The van der Waals surface area contributed by atoms with Crippen molar-refractivity contribution >= 4 is 28.8 Å². The predicted molar refractivity (Wildman–Crippen MR) is 124 cm³/mol. The SMILES string of the molecule is CN1C(=O)C(C)(Cc2ccccc2)C2=C(c3ccccc3CC2)c2cc(Cl)ccc21. The molecule has 1 amide bonds. The van der Waals surface area contributed by atoms with E-state index in [0.717, 1.165) is 24.1 Å². The Hall–Kier alpha value is -2.84. The van der Waals surface area contributed by atoms with Crippen molar-refractivity contribution in [1.82, 2.24) is 0 Å². The molecule has 5 rings (SSSR count). The van der Waals surface area contributed by atoms with Gasteiger partial charge < -0.3 is 4.90 Å². The number of fused-ring (bicyclic) bond motifs is 4. The van der Waals surface area contributed by atoms with Gasteiger partial charge in [0.25, 0.3) is 0 Å². The maximum absolute atomic E-state index is 13.9. The molecule has 2 aliphatic rings. The molecule has 0 spiro atoms. The van der Waals surface area contributed by atoms with Crippen LogP contribution in [0.4, 0.5) is 5.69 Å². The fraction of sp³-hybridized carbons (Fsp3) is 0.222. The molecule has 3 aromatic carbocycles.